The summed E-state index contributed by atoms with van der Waals surface area (Å²) in [6, 6.07) is 13.9. The van der Waals surface area contributed by atoms with E-state index in [9.17, 15) is 4.79 Å². The molecular weight excluding hydrogens is 363 g/mol. The Kier molecular flexibility index (Phi) is 5.00. The standard InChI is InChI=1S/C16H17IN2O/c1-11-5-3-6-12(2)15(11)19-16(20)18-10-13-7-4-8-14(17)9-13/h3-9H,10H2,1-2H3,(H2,18,19,20). The van der Waals surface area contributed by atoms with Crippen molar-refractivity contribution in [2.24, 2.45) is 0 Å². The van der Waals surface area contributed by atoms with E-state index < -0.39 is 0 Å². The minimum atomic E-state index is -0.179. The van der Waals surface area contributed by atoms with Gasteiger partial charge in [0.1, 0.15) is 0 Å². The quantitative estimate of drug-likeness (QED) is 0.769. The smallest absolute Gasteiger partial charge is 0.319 e. The van der Waals surface area contributed by atoms with Crippen LogP contribution < -0.4 is 10.6 Å². The van der Waals surface area contributed by atoms with Gasteiger partial charge in [0.05, 0.1) is 0 Å². The van der Waals surface area contributed by atoms with Crippen molar-refractivity contribution in [2.45, 2.75) is 20.4 Å². The summed E-state index contributed by atoms with van der Waals surface area (Å²) in [4.78, 5) is 12.0. The second kappa shape index (κ2) is 6.74. The van der Waals surface area contributed by atoms with Crippen LogP contribution in [-0.4, -0.2) is 6.03 Å². The Labute approximate surface area is 132 Å². The molecule has 2 amide bonds. The van der Waals surface area contributed by atoms with Gasteiger partial charge in [0.2, 0.25) is 0 Å². The number of nitrogens with one attached hydrogen (secondary N) is 2. The van der Waals surface area contributed by atoms with Crippen LogP contribution in [-0.2, 0) is 6.54 Å². The minimum absolute atomic E-state index is 0.179. The first-order valence-corrected chi connectivity index (χ1v) is 7.49. The van der Waals surface area contributed by atoms with E-state index in [1.807, 2.05) is 50.2 Å². The molecule has 0 heterocycles. The van der Waals surface area contributed by atoms with Crippen LogP contribution in [0.25, 0.3) is 0 Å². The lowest BCUT2D eigenvalue weighted by atomic mass is 10.1. The number of urea groups is 1. The zero-order chi connectivity index (χ0) is 14.5. The average molecular weight is 380 g/mol. The first kappa shape index (κ1) is 14.8. The molecular formula is C16H17IN2O. The monoisotopic (exact) mass is 380 g/mol. The third-order valence-electron chi connectivity index (χ3n) is 3.06. The molecule has 2 aromatic carbocycles. The third-order valence-corrected chi connectivity index (χ3v) is 3.73. The van der Waals surface area contributed by atoms with Crippen LogP contribution in [0.4, 0.5) is 10.5 Å². The molecule has 0 aliphatic carbocycles. The number of rotatable bonds is 3. The fraction of sp³-hybridized carbons (Fsp3) is 0.188. The van der Waals surface area contributed by atoms with Crippen molar-refractivity contribution in [1.82, 2.24) is 5.32 Å². The van der Waals surface area contributed by atoms with Crippen molar-refractivity contribution >= 4 is 34.3 Å². The normalized spacial score (nSPS) is 10.2. The number of aryl methyl sites for hydroxylation is 2. The highest BCUT2D eigenvalue weighted by atomic mass is 127. The van der Waals surface area contributed by atoms with Crippen LogP contribution in [0.2, 0.25) is 0 Å². The molecule has 0 bridgehead atoms. The van der Waals surface area contributed by atoms with Crippen LogP contribution >= 0.6 is 22.6 Å². The van der Waals surface area contributed by atoms with Crippen molar-refractivity contribution < 1.29 is 4.79 Å². The van der Waals surface area contributed by atoms with Crippen LogP contribution in [0.1, 0.15) is 16.7 Å². The number of hydrogen-bond acceptors (Lipinski definition) is 1. The lowest BCUT2D eigenvalue weighted by molar-refractivity contribution is 0.251. The maximum Gasteiger partial charge on any atom is 0.319 e. The largest absolute Gasteiger partial charge is 0.334 e. The van der Waals surface area contributed by atoms with E-state index in [0.29, 0.717) is 6.54 Å². The molecule has 2 rings (SSSR count). The molecule has 0 aliphatic rings. The Morgan fingerprint density at radius 1 is 1.10 bits per heavy atom. The van der Waals surface area contributed by atoms with Crippen molar-refractivity contribution in [2.75, 3.05) is 5.32 Å². The van der Waals surface area contributed by atoms with Crippen LogP contribution in [0, 0.1) is 17.4 Å². The third kappa shape index (κ3) is 3.96. The van der Waals surface area contributed by atoms with E-state index in [1.54, 1.807) is 0 Å². The zero-order valence-electron chi connectivity index (χ0n) is 11.5. The summed E-state index contributed by atoms with van der Waals surface area (Å²) in [7, 11) is 0. The summed E-state index contributed by atoms with van der Waals surface area (Å²) in [5.74, 6) is 0. The van der Waals surface area contributed by atoms with Crippen LogP contribution in [0.15, 0.2) is 42.5 Å². The van der Waals surface area contributed by atoms with Gasteiger partial charge in [0.15, 0.2) is 0 Å². The van der Waals surface area contributed by atoms with E-state index in [-0.39, 0.29) is 6.03 Å². The van der Waals surface area contributed by atoms with Gasteiger partial charge in [-0.1, -0.05) is 30.3 Å². The highest BCUT2D eigenvalue weighted by molar-refractivity contribution is 14.1. The molecule has 0 fully saturated rings. The lowest BCUT2D eigenvalue weighted by Gasteiger charge is -2.12. The van der Waals surface area contributed by atoms with E-state index in [0.717, 1.165) is 25.9 Å². The Hall–Kier alpha value is -1.56. The number of carbonyl (C=O) groups is 1. The fourth-order valence-corrected chi connectivity index (χ4v) is 2.61. The van der Waals surface area contributed by atoms with Crippen molar-refractivity contribution in [1.29, 1.82) is 0 Å². The Morgan fingerprint density at radius 2 is 1.75 bits per heavy atom. The average Bonchev–Trinajstić information content (AvgIpc) is 2.41. The lowest BCUT2D eigenvalue weighted by Crippen LogP contribution is -2.28. The molecule has 2 aromatic rings. The van der Waals surface area contributed by atoms with Crippen molar-refractivity contribution in [3.63, 3.8) is 0 Å². The summed E-state index contributed by atoms with van der Waals surface area (Å²) in [5.41, 5.74) is 4.10. The number of amides is 2. The summed E-state index contributed by atoms with van der Waals surface area (Å²) >= 11 is 2.26. The van der Waals surface area contributed by atoms with Crippen LogP contribution in [0.5, 0.6) is 0 Å². The van der Waals surface area contributed by atoms with E-state index in [2.05, 4.69) is 39.3 Å². The molecule has 104 valence electrons. The molecule has 0 spiro atoms. The SMILES string of the molecule is Cc1cccc(C)c1NC(=O)NCc1cccc(I)c1. The van der Waals surface area contributed by atoms with Gasteiger partial charge in [-0.15, -0.1) is 0 Å². The minimum Gasteiger partial charge on any atom is -0.334 e. The van der Waals surface area contributed by atoms with Crippen molar-refractivity contribution in [3.8, 4) is 0 Å². The van der Waals surface area contributed by atoms with Gasteiger partial charge >= 0.3 is 6.03 Å². The molecule has 0 unspecified atom stereocenters. The molecule has 3 nitrogen and oxygen atoms in total. The Balaban J connectivity index is 1.96. The highest BCUT2D eigenvalue weighted by Gasteiger charge is 2.06. The molecule has 0 saturated heterocycles. The summed E-state index contributed by atoms with van der Waals surface area (Å²) in [5, 5.41) is 5.79. The predicted octanol–water partition coefficient (Wildman–Crippen LogP) is 4.23. The van der Waals surface area contributed by atoms with Gasteiger partial charge in [0.25, 0.3) is 0 Å². The van der Waals surface area contributed by atoms with E-state index in [1.165, 1.54) is 0 Å². The summed E-state index contributed by atoms with van der Waals surface area (Å²) < 4.78 is 1.16. The molecule has 2 N–H and O–H groups in total. The van der Waals surface area contributed by atoms with E-state index in [4.69, 9.17) is 0 Å². The van der Waals surface area contributed by atoms with Gasteiger partial charge in [-0.25, -0.2) is 4.79 Å². The number of para-hydroxylation sites is 1. The fourth-order valence-electron chi connectivity index (χ4n) is 2.00. The summed E-state index contributed by atoms with van der Waals surface area (Å²) in [6.07, 6.45) is 0. The molecule has 4 heteroatoms. The number of carbonyl (C=O) groups excluding carboxylic acids is 1. The first-order chi connectivity index (χ1) is 9.56. The van der Waals surface area contributed by atoms with Crippen molar-refractivity contribution in [3.05, 3.63) is 62.7 Å². The second-order valence-electron chi connectivity index (χ2n) is 4.70. The maximum atomic E-state index is 12.0. The Bertz CT molecular complexity index is 605. The van der Waals surface area contributed by atoms with Gasteiger partial charge in [-0.05, 0) is 65.3 Å². The summed E-state index contributed by atoms with van der Waals surface area (Å²) in [6.45, 7) is 4.50. The molecule has 0 radical (unpaired) electrons. The Morgan fingerprint density at radius 3 is 2.40 bits per heavy atom. The van der Waals surface area contributed by atoms with E-state index >= 15 is 0 Å². The number of anilines is 1. The number of benzene rings is 2. The van der Waals surface area contributed by atoms with Gasteiger partial charge < -0.3 is 10.6 Å². The van der Waals surface area contributed by atoms with Gasteiger partial charge in [-0.2, -0.15) is 0 Å². The molecule has 0 saturated carbocycles. The van der Waals surface area contributed by atoms with Gasteiger partial charge in [-0.3, -0.25) is 0 Å². The second-order valence-corrected chi connectivity index (χ2v) is 5.95. The molecule has 0 aromatic heterocycles. The highest BCUT2D eigenvalue weighted by Crippen LogP contribution is 2.19. The first-order valence-electron chi connectivity index (χ1n) is 6.42. The topological polar surface area (TPSA) is 41.1 Å². The van der Waals surface area contributed by atoms with Gasteiger partial charge in [0, 0.05) is 15.8 Å². The number of hydrogen-bond donors (Lipinski definition) is 2. The maximum absolute atomic E-state index is 12.0. The predicted molar refractivity (Wildman–Crippen MR) is 90.9 cm³/mol. The molecule has 0 aliphatic heterocycles. The van der Waals surface area contributed by atoms with Crippen LogP contribution in [0.3, 0.4) is 0 Å². The molecule has 20 heavy (non-hydrogen) atoms. The molecule has 0 atom stereocenters. The number of halogens is 1. The zero-order valence-corrected chi connectivity index (χ0v) is 13.7.